The van der Waals surface area contributed by atoms with Crippen molar-refractivity contribution in [1.82, 2.24) is 4.90 Å². The first-order valence-electron chi connectivity index (χ1n) is 6.37. The van der Waals surface area contributed by atoms with Crippen molar-refractivity contribution < 1.29 is 19.8 Å². The summed E-state index contributed by atoms with van der Waals surface area (Å²) in [4.78, 5) is 24.3. The fraction of sp³-hybridized carbons (Fsp3) is 0.429. The van der Waals surface area contributed by atoms with Gasteiger partial charge in [0.05, 0.1) is 11.4 Å². The van der Waals surface area contributed by atoms with E-state index in [1.165, 1.54) is 4.90 Å². The number of aliphatic hydroxyl groups excluding tert-OH is 1. The van der Waals surface area contributed by atoms with Crippen LogP contribution in [0.2, 0.25) is 0 Å². The Labute approximate surface area is 121 Å². The highest BCUT2D eigenvalue weighted by molar-refractivity contribution is 6.22. The molecule has 5 nitrogen and oxygen atoms in total. The molecular weight excluding hydrogens is 282 g/mol. The van der Waals surface area contributed by atoms with Gasteiger partial charge in [-0.2, -0.15) is 0 Å². The molecule has 1 aliphatic rings. The van der Waals surface area contributed by atoms with Crippen LogP contribution >= 0.6 is 11.6 Å². The average Bonchev–Trinajstić information content (AvgIpc) is 2.75. The zero-order valence-corrected chi connectivity index (χ0v) is 11.5. The number of carbonyl (C=O) groups is 2. The summed E-state index contributed by atoms with van der Waals surface area (Å²) in [5, 5.41) is 18.6. The van der Waals surface area contributed by atoms with Gasteiger partial charge in [0.2, 0.25) is 5.91 Å². The lowest BCUT2D eigenvalue weighted by Gasteiger charge is -2.30. The van der Waals surface area contributed by atoms with Gasteiger partial charge < -0.3 is 15.1 Å². The maximum atomic E-state index is 11.9. The van der Waals surface area contributed by atoms with E-state index in [1.54, 1.807) is 0 Å². The number of carbonyl (C=O) groups excluding carboxylic acids is 1. The number of amides is 1. The Bertz CT molecular complexity index is 493. The number of aliphatic hydroxyl groups is 1. The molecule has 20 heavy (non-hydrogen) atoms. The van der Waals surface area contributed by atoms with Gasteiger partial charge >= 0.3 is 5.97 Å². The largest absolute Gasteiger partial charge is 0.479 e. The first-order chi connectivity index (χ1) is 9.49. The molecule has 1 heterocycles. The number of rotatable bonds is 5. The van der Waals surface area contributed by atoms with Crippen LogP contribution in [0.15, 0.2) is 30.3 Å². The van der Waals surface area contributed by atoms with E-state index in [-0.39, 0.29) is 30.7 Å². The van der Waals surface area contributed by atoms with E-state index in [0.29, 0.717) is 0 Å². The smallest absolute Gasteiger partial charge is 0.334 e. The van der Waals surface area contributed by atoms with E-state index in [2.05, 4.69) is 0 Å². The highest BCUT2D eigenvalue weighted by Gasteiger charge is 2.39. The molecular formula is C14H16ClNO4. The van der Waals surface area contributed by atoms with Crippen LogP contribution in [0.5, 0.6) is 0 Å². The van der Waals surface area contributed by atoms with Crippen LogP contribution < -0.4 is 0 Å². The summed E-state index contributed by atoms with van der Waals surface area (Å²) in [6, 6.07) is 8.37. The molecule has 0 radical (unpaired) electrons. The number of hydrogen-bond acceptors (Lipinski definition) is 3. The Morgan fingerprint density at radius 2 is 2.05 bits per heavy atom. The molecule has 2 N–H and O–H groups in total. The molecule has 1 unspecified atom stereocenters. The molecule has 1 saturated heterocycles. The van der Waals surface area contributed by atoms with Crippen LogP contribution in [0.1, 0.15) is 12.0 Å². The Morgan fingerprint density at radius 3 is 2.55 bits per heavy atom. The minimum atomic E-state index is -1.62. The van der Waals surface area contributed by atoms with Gasteiger partial charge in [0.15, 0.2) is 6.10 Å². The summed E-state index contributed by atoms with van der Waals surface area (Å²) in [6.45, 7) is 0.266. The van der Waals surface area contributed by atoms with E-state index >= 15 is 0 Å². The van der Waals surface area contributed by atoms with Gasteiger partial charge in [-0.1, -0.05) is 30.3 Å². The lowest BCUT2D eigenvalue weighted by molar-refractivity contribution is -0.152. The number of alkyl halides is 1. The van der Waals surface area contributed by atoms with Crippen LogP contribution in [0.4, 0.5) is 0 Å². The number of likely N-dealkylation sites (tertiary alicyclic amines) is 1. The lowest BCUT2D eigenvalue weighted by Crippen LogP contribution is -2.49. The predicted octanol–water partition coefficient (Wildman–Crippen LogP) is 0.883. The summed E-state index contributed by atoms with van der Waals surface area (Å²) >= 11 is 5.94. The van der Waals surface area contributed by atoms with Crippen molar-refractivity contribution in [2.24, 2.45) is 0 Å². The molecule has 1 aromatic carbocycles. The number of halogens is 1. The quantitative estimate of drug-likeness (QED) is 0.791. The predicted molar refractivity (Wildman–Crippen MR) is 73.5 cm³/mol. The van der Waals surface area contributed by atoms with Gasteiger partial charge in [0.1, 0.15) is 0 Å². The van der Waals surface area contributed by atoms with E-state index in [9.17, 15) is 14.7 Å². The van der Waals surface area contributed by atoms with Gasteiger partial charge in [-0.25, -0.2) is 4.79 Å². The minimum absolute atomic E-state index is 0.180. The first kappa shape index (κ1) is 14.8. The number of nitrogens with zero attached hydrogens (tertiary/aromatic N) is 1. The summed E-state index contributed by atoms with van der Waals surface area (Å²) in [7, 11) is 0. The highest BCUT2D eigenvalue weighted by atomic mass is 35.5. The number of carboxylic acid groups (broad SMARTS) is 1. The van der Waals surface area contributed by atoms with Crippen LogP contribution in [-0.2, 0) is 16.0 Å². The number of hydrogen-bond donors (Lipinski definition) is 2. The molecule has 2 rings (SSSR count). The second kappa shape index (κ2) is 6.24. The third-order valence-corrected chi connectivity index (χ3v) is 3.71. The van der Waals surface area contributed by atoms with Crippen molar-refractivity contribution in [3.63, 3.8) is 0 Å². The Morgan fingerprint density at radius 1 is 1.40 bits per heavy atom. The minimum Gasteiger partial charge on any atom is -0.479 e. The fourth-order valence-electron chi connectivity index (χ4n) is 2.42. The van der Waals surface area contributed by atoms with Crippen molar-refractivity contribution in [1.29, 1.82) is 0 Å². The Hall–Kier alpha value is -1.59. The molecule has 3 atom stereocenters. The number of aliphatic carboxylic acids is 1. The van der Waals surface area contributed by atoms with Crippen LogP contribution in [-0.4, -0.2) is 51.1 Å². The molecule has 0 aliphatic carbocycles. The standard InChI is InChI=1S/C14H16ClNO4/c15-10-7-12(17)16(8-10)11(13(18)14(19)20)6-9-4-2-1-3-5-9/h1-5,10-11,13,18H,6-8H2,(H,19,20)/t10?,11-,13+/m1/s1. The highest BCUT2D eigenvalue weighted by Crippen LogP contribution is 2.23. The van der Waals surface area contributed by atoms with E-state index in [0.717, 1.165) is 5.56 Å². The molecule has 1 aromatic rings. The zero-order chi connectivity index (χ0) is 14.7. The molecule has 1 amide bonds. The molecule has 108 valence electrons. The molecule has 0 bridgehead atoms. The molecule has 0 spiro atoms. The molecule has 0 aromatic heterocycles. The lowest BCUT2D eigenvalue weighted by atomic mass is 10.00. The summed E-state index contributed by atoms with van der Waals surface area (Å²) in [5.41, 5.74) is 0.864. The van der Waals surface area contributed by atoms with E-state index < -0.39 is 18.1 Å². The number of benzene rings is 1. The van der Waals surface area contributed by atoms with E-state index in [1.807, 2.05) is 30.3 Å². The van der Waals surface area contributed by atoms with Crippen LogP contribution in [0.25, 0.3) is 0 Å². The molecule has 1 fully saturated rings. The average molecular weight is 298 g/mol. The second-order valence-electron chi connectivity index (χ2n) is 4.89. The van der Waals surface area contributed by atoms with Gasteiger partial charge in [-0.15, -0.1) is 11.6 Å². The normalized spacial score (nSPS) is 21.8. The van der Waals surface area contributed by atoms with Crippen LogP contribution in [0, 0.1) is 0 Å². The summed E-state index contributed by atoms with van der Waals surface area (Å²) < 4.78 is 0. The Balaban J connectivity index is 2.21. The van der Waals surface area contributed by atoms with Crippen molar-refractivity contribution in [2.75, 3.05) is 6.54 Å². The van der Waals surface area contributed by atoms with E-state index in [4.69, 9.17) is 16.7 Å². The summed E-state index contributed by atoms with van der Waals surface area (Å²) in [5.74, 6) is -1.55. The maximum absolute atomic E-state index is 11.9. The molecule has 6 heteroatoms. The molecule has 0 saturated carbocycles. The Kier molecular flexibility index (Phi) is 4.62. The third-order valence-electron chi connectivity index (χ3n) is 3.42. The van der Waals surface area contributed by atoms with Crippen LogP contribution in [0.3, 0.4) is 0 Å². The topological polar surface area (TPSA) is 77.8 Å². The van der Waals surface area contributed by atoms with Crippen molar-refractivity contribution in [3.8, 4) is 0 Å². The zero-order valence-electron chi connectivity index (χ0n) is 10.8. The SMILES string of the molecule is O=C(O)[C@@H](O)[C@@H](Cc1ccccc1)N1CC(Cl)CC1=O. The van der Waals surface area contributed by atoms with Gasteiger partial charge in [-0.3, -0.25) is 4.79 Å². The first-order valence-corrected chi connectivity index (χ1v) is 6.81. The second-order valence-corrected chi connectivity index (χ2v) is 5.50. The van der Waals surface area contributed by atoms with Gasteiger partial charge in [0, 0.05) is 13.0 Å². The molecule has 1 aliphatic heterocycles. The third kappa shape index (κ3) is 3.29. The van der Waals surface area contributed by atoms with Crippen molar-refractivity contribution in [2.45, 2.75) is 30.4 Å². The monoisotopic (exact) mass is 297 g/mol. The van der Waals surface area contributed by atoms with Crippen molar-refractivity contribution >= 4 is 23.5 Å². The van der Waals surface area contributed by atoms with Gasteiger partial charge in [-0.05, 0) is 12.0 Å². The summed E-state index contributed by atoms with van der Waals surface area (Å²) in [6.07, 6.45) is -1.16. The maximum Gasteiger partial charge on any atom is 0.334 e. The van der Waals surface area contributed by atoms with Crippen molar-refractivity contribution in [3.05, 3.63) is 35.9 Å². The fourth-order valence-corrected chi connectivity index (χ4v) is 2.70. The van der Waals surface area contributed by atoms with Gasteiger partial charge in [0.25, 0.3) is 0 Å². The number of carboxylic acids is 1.